The van der Waals surface area contributed by atoms with E-state index in [-0.39, 0.29) is 6.42 Å². The summed E-state index contributed by atoms with van der Waals surface area (Å²) >= 11 is 0. The molecule has 0 bridgehead atoms. The van der Waals surface area contributed by atoms with Crippen LogP contribution in [0.3, 0.4) is 0 Å². The van der Waals surface area contributed by atoms with E-state index < -0.39 is 18.1 Å². The molecule has 0 saturated carbocycles. The van der Waals surface area contributed by atoms with Gasteiger partial charge in [0, 0.05) is 18.8 Å². The van der Waals surface area contributed by atoms with Gasteiger partial charge in [0.15, 0.2) is 0 Å². The molecule has 1 atom stereocenters. The van der Waals surface area contributed by atoms with Crippen LogP contribution in [-0.4, -0.2) is 34.8 Å². The second-order valence-corrected chi connectivity index (χ2v) is 4.08. The topological polar surface area (TPSA) is 88.5 Å². The minimum Gasteiger partial charge on any atom is -0.480 e. The maximum atomic E-state index is 11.4. The number of aromatic nitrogens is 1. The number of carboxylic acid groups (broad SMARTS) is 1. The summed E-state index contributed by atoms with van der Waals surface area (Å²) < 4.78 is 4.88. The van der Waals surface area contributed by atoms with E-state index in [0.29, 0.717) is 6.61 Å². The van der Waals surface area contributed by atoms with Crippen molar-refractivity contribution in [3.63, 3.8) is 0 Å². The number of alkyl carbamates (subject to hydrolysis) is 1. The van der Waals surface area contributed by atoms with Crippen molar-refractivity contribution in [2.45, 2.75) is 32.2 Å². The summed E-state index contributed by atoms with van der Waals surface area (Å²) in [5.74, 6) is -1.09. The number of carbonyl (C=O) groups is 2. The first-order chi connectivity index (χ1) is 9.13. The van der Waals surface area contributed by atoms with Crippen LogP contribution < -0.4 is 5.32 Å². The Balaban J connectivity index is 2.49. The van der Waals surface area contributed by atoms with E-state index in [9.17, 15) is 9.59 Å². The lowest BCUT2D eigenvalue weighted by atomic mass is 10.1. The van der Waals surface area contributed by atoms with Crippen molar-refractivity contribution < 1.29 is 19.4 Å². The molecule has 0 aliphatic heterocycles. The third kappa shape index (κ3) is 5.85. The highest BCUT2D eigenvalue weighted by Crippen LogP contribution is 2.02. The summed E-state index contributed by atoms with van der Waals surface area (Å²) in [5, 5.41) is 11.4. The Labute approximate surface area is 111 Å². The Kier molecular flexibility index (Phi) is 6.35. The fourth-order valence-electron chi connectivity index (χ4n) is 1.45. The molecule has 6 heteroatoms. The van der Waals surface area contributed by atoms with Crippen molar-refractivity contribution in [2.75, 3.05) is 6.61 Å². The van der Waals surface area contributed by atoms with E-state index >= 15 is 0 Å². The molecule has 1 aromatic rings. The van der Waals surface area contributed by atoms with Gasteiger partial charge < -0.3 is 15.2 Å². The normalized spacial score (nSPS) is 11.6. The molecule has 6 nitrogen and oxygen atoms in total. The Morgan fingerprint density at radius 1 is 1.42 bits per heavy atom. The van der Waals surface area contributed by atoms with Gasteiger partial charge in [-0.3, -0.25) is 4.98 Å². The minimum absolute atomic E-state index is 0.195. The average molecular weight is 266 g/mol. The predicted octanol–water partition coefficient (Wildman–Crippen LogP) is 1.60. The number of hydrogen-bond donors (Lipinski definition) is 2. The highest BCUT2D eigenvalue weighted by Gasteiger charge is 2.20. The van der Waals surface area contributed by atoms with E-state index in [4.69, 9.17) is 9.84 Å². The molecular formula is C13H18N2O4. The molecule has 0 radical (unpaired) electrons. The molecule has 1 rings (SSSR count). The number of carbonyl (C=O) groups excluding carboxylic acids is 1. The van der Waals surface area contributed by atoms with Crippen LogP contribution in [0.1, 0.15) is 25.3 Å². The largest absolute Gasteiger partial charge is 0.480 e. The molecule has 104 valence electrons. The molecule has 0 aromatic carbocycles. The molecule has 0 spiro atoms. The third-order valence-corrected chi connectivity index (χ3v) is 2.51. The van der Waals surface area contributed by atoms with Gasteiger partial charge in [0.1, 0.15) is 6.04 Å². The molecule has 1 amide bonds. The summed E-state index contributed by atoms with van der Waals surface area (Å²) in [4.78, 5) is 26.3. The molecule has 0 fully saturated rings. The summed E-state index contributed by atoms with van der Waals surface area (Å²) in [5.41, 5.74) is 0.788. The van der Waals surface area contributed by atoms with Gasteiger partial charge in [-0.05, 0) is 24.1 Å². The van der Waals surface area contributed by atoms with Crippen LogP contribution in [0.25, 0.3) is 0 Å². The number of unbranched alkanes of at least 4 members (excludes halogenated alkanes) is 1. The SMILES string of the molecule is CCCCOC(=O)NC(Cc1ccncc1)C(=O)O. The van der Waals surface area contributed by atoms with Gasteiger partial charge in [-0.2, -0.15) is 0 Å². The Hall–Kier alpha value is -2.11. The summed E-state index contributed by atoms with van der Waals surface area (Å²) in [6.07, 6.45) is 4.32. The number of nitrogens with zero attached hydrogens (tertiary/aromatic N) is 1. The fourth-order valence-corrected chi connectivity index (χ4v) is 1.45. The second-order valence-electron chi connectivity index (χ2n) is 4.08. The number of aliphatic carboxylic acids is 1. The van der Waals surface area contributed by atoms with Crippen LogP contribution in [0, 0.1) is 0 Å². The van der Waals surface area contributed by atoms with Crippen molar-refractivity contribution in [1.82, 2.24) is 10.3 Å². The second kappa shape index (κ2) is 8.07. The number of ether oxygens (including phenoxy) is 1. The number of pyridine rings is 1. The van der Waals surface area contributed by atoms with Gasteiger partial charge in [-0.1, -0.05) is 13.3 Å². The van der Waals surface area contributed by atoms with E-state index in [2.05, 4.69) is 10.3 Å². The van der Waals surface area contributed by atoms with Crippen LogP contribution in [0.4, 0.5) is 4.79 Å². The smallest absolute Gasteiger partial charge is 0.407 e. The van der Waals surface area contributed by atoms with Gasteiger partial charge >= 0.3 is 12.1 Å². The maximum Gasteiger partial charge on any atom is 0.407 e. The van der Waals surface area contributed by atoms with Gasteiger partial charge in [0.25, 0.3) is 0 Å². The molecule has 1 heterocycles. The molecule has 0 saturated heterocycles. The first kappa shape index (κ1) is 14.9. The number of nitrogens with one attached hydrogen (secondary N) is 1. The molecule has 2 N–H and O–H groups in total. The van der Waals surface area contributed by atoms with Gasteiger partial charge in [0.2, 0.25) is 0 Å². The molecule has 1 unspecified atom stereocenters. The lowest BCUT2D eigenvalue weighted by molar-refractivity contribution is -0.139. The fraction of sp³-hybridized carbons (Fsp3) is 0.462. The Morgan fingerprint density at radius 2 is 2.11 bits per heavy atom. The summed E-state index contributed by atoms with van der Waals surface area (Å²) in [6.45, 7) is 2.27. The van der Waals surface area contributed by atoms with Crippen molar-refractivity contribution in [3.8, 4) is 0 Å². The zero-order valence-corrected chi connectivity index (χ0v) is 10.8. The molecule has 0 aliphatic carbocycles. The number of amides is 1. The number of rotatable bonds is 7. The number of carboxylic acids is 1. The van der Waals surface area contributed by atoms with Gasteiger partial charge in [0.05, 0.1) is 6.61 Å². The quantitative estimate of drug-likeness (QED) is 0.732. The number of hydrogen-bond acceptors (Lipinski definition) is 4. The van der Waals surface area contributed by atoms with Crippen molar-refractivity contribution in [3.05, 3.63) is 30.1 Å². The predicted molar refractivity (Wildman–Crippen MR) is 68.8 cm³/mol. The molecule has 1 aromatic heterocycles. The zero-order valence-electron chi connectivity index (χ0n) is 10.8. The van der Waals surface area contributed by atoms with Crippen LogP contribution in [0.15, 0.2) is 24.5 Å². The molecule has 0 aliphatic rings. The zero-order chi connectivity index (χ0) is 14.1. The highest BCUT2D eigenvalue weighted by molar-refractivity contribution is 5.80. The Bertz CT molecular complexity index is 408. The lowest BCUT2D eigenvalue weighted by Gasteiger charge is -2.14. The van der Waals surface area contributed by atoms with E-state index in [0.717, 1.165) is 18.4 Å². The first-order valence-electron chi connectivity index (χ1n) is 6.18. The van der Waals surface area contributed by atoms with E-state index in [1.165, 1.54) is 0 Å². The van der Waals surface area contributed by atoms with E-state index in [1.54, 1.807) is 24.5 Å². The van der Waals surface area contributed by atoms with Crippen molar-refractivity contribution >= 4 is 12.1 Å². The van der Waals surface area contributed by atoms with Gasteiger partial charge in [-0.15, -0.1) is 0 Å². The summed E-state index contributed by atoms with van der Waals surface area (Å²) in [7, 11) is 0. The monoisotopic (exact) mass is 266 g/mol. The lowest BCUT2D eigenvalue weighted by Crippen LogP contribution is -2.42. The van der Waals surface area contributed by atoms with Crippen molar-refractivity contribution in [1.29, 1.82) is 0 Å². The van der Waals surface area contributed by atoms with Crippen LogP contribution in [0.2, 0.25) is 0 Å². The van der Waals surface area contributed by atoms with Crippen LogP contribution in [-0.2, 0) is 16.0 Å². The van der Waals surface area contributed by atoms with Gasteiger partial charge in [-0.25, -0.2) is 9.59 Å². The maximum absolute atomic E-state index is 11.4. The summed E-state index contributed by atoms with van der Waals surface area (Å²) in [6, 6.07) is 2.41. The Morgan fingerprint density at radius 3 is 2.68 bits per heavy atom. The first-order valence-corrected chi connectivity index (χ1v) is 6.18. The molecule has 19 heavy (non-hydrogen) atoms. The average Bonchev–Trinajstić information content (AvgIpc) is 2.39. The van der Waals surface area contributed by atoms with Crippen LogP contribution in [0.5, 0.6) is 0 Å². The standard InChI is InChI=1S/C13H18N2O4/c1-2-3-8-19-13(18)15-11(12(16)17)9-10-4-6-14-7-5-10/h4-7,11H,2-3,8-9H2,1H3,(H,15,18)(H,16,17). The minimum atomic E-state index is -1.09. The molecular weight excluding hydrogens is 248 g/mol. The van der Waals surface area contributed by atoms with Crippen molar-refractivity contribution in [2.24, 2.45) is 0 Å². The van der Waals surface area contributed by atoms with E-state index in [1.807, 2.05) is 6.92 Å². The highest BCUT2D eigenvalue weighted by atomic mass is 16.5. The van der Waals surface area contributed by atoms with Crippen LogP contribution >= 0.6 is 0 Å². The third-order valence-electron chi connectivity index (χ3n) is 2.51.